The highest BCUT2D eigenvalue weighted by Crippen LogP contribution is 2.37. The Morgan fingerprint density at radius 2 is 1.64 bits per heavy atom. The van der Waals surface area contributed by atoms with Crippen molar-refractivity contribution in [3.8, 4) is 17.2 Å². The van der Waals surface area contributed by atoms with Crippen molar-refractivity contribution in [3.05, 3.63) is 47.8 Å². The SMILES string of the molecule is COc1cc(CN=C(N)N2CCN(c3ccc(F)cc3)CC2)cc(OC)c1O. The van der Waals surface area contributed by atoms with Gasteiger partial charge in [-0.05, 0) is 42.0 Å². The van der Waals surface area contributed by atoms with Gasteiger partial charge >= 0.3 is 0 Å². The number of nitrogens with zero attached hydrogens (tertiary/aromatic N) is 3. The van der Waals surface area contributed by atoms with Gasteiger partial charge in [0.15, 0.2) is 17.5 Å². The number of piperazine rings is 1. The van der Waals surface area contributed by atoms with E-state index < -0.39 is 0 Å². The zero-order chi connectivity index (χ0) is 20.1. The first-order valence-electron chi connectivity index (χ1n) is 9.01. The topological polar surface area (TPSA) is 83.6 Å². The average molecular weight is 388 g/mol. The summed E-state index contributed by atoms with van der Waals surface area (Å²) < 4.78 is 23.4. The summed E-state index contributed by atoms with van der Waals surface area (Å²) in [6, 6.07) is 9.93. The Hall–Kier alpha value is -3.16. The van der Waals surface area contributed by atoms with E-state index in [1.807, 2.05) is 4.90 Å². The van der Waals surface area contributed by atoms with Crippen molar-refractivity contribution in [2.75, 3.05) is 45.3 Å². The molecule has 0 atom stereocenters. The minimum absolute atomic E-state index is 0.0392. The molecule has 3 N–H and O–H groups in total. The number of halogens is 1. The first-order chi connectivity index (χ1) is 13.5. The molecule has 0 aliphatic carbocycles. The molecule has 1 aliphatic heterocycles. The lowest BCUT2D eigenvalue weighted by Crippen LogP contribution is -2.51. The van der Waals surface area contributed by atoms with Crippen LogP contribution >= 0.6 is 0 Å². The fraction of sp³-hybridized carbons (Fsp3) is 0.350. The predicted octanol–water partition coefficient (Wildman–Crippen LogP) is 2.19. The summed E-state index contributed by atoms with van der Waals surface area (Å²) in [7, 11) is 2.97. The number of anilines is 1. The summed E-state index contributed by atoms with van der Waals surface area (Å²) in [5.41, 5.74) is 7.99. The molecular formula is C20H25FN4O3. The number of aliphatic imine (C=N–C) groups is 1. The van der Waals surface area contributed by atoms with Crippen LogP contribution in [0.3, 0.4) is 0 Å². The third-order valence-electron chi connectivity index (χ3n) is 4.76. The molecule has 3 rings (SSSR count). The zero-order valence-electron chi connectivity index (χ0n) is 16.1. The van der Waals surface area contributed by atoms with Gasteiger partial charge in [-0.2, -0.15) is 0 Å². The molecular weight excluding hydrogens is 363 g/mol. The molecule has 0 bridgehead atoms. The van der Waals surface area contributed by atoms with Crippen LogP contribution in [0.1, 0.15) is 5.56 Å². The summed E-state index contributed by atoms with van der Waals surface area (Å²) in [6.07, 6.45) is 0. The Morgan fingerprint density at radius 1 is 1.07 bits per heavy atom. The van der Waals surface area contributed by atoms with Gasteiger partial charge < -0.3 is 30.1 Å². The molecule has 8 heteroatoms. The van der Waals surface area contributed by atoms with Gasteiger partial charge in [-0.25, -0.2) is 9.38 Å². The maximum atomic E-state index is 13.1. The van der Waals surface area contributed by atoms with Crippen LogP contribution in [0.25, 0.3) is 0 Å². The Labute approximate surface area is 163 Å². The van der Waals surface area contributed by atoms with Crippen molar-refractivity contribution < 1.29 is 19.0 Å². The van der Waals surface area contributed by atoms with E-state index in [9.17, 15) is 9.50 Å². The number of hydrogen-bond donors (Lipinski definition) is 2. The standard InChI is InChI=1S/C20H25FN4O3/c1-27-17-11-14(12-18(28-2)19(17)26)13-23-20(22)25-9-7-24(8-10-25)16-5-3-15(21)4-6-16/h3-6,11-12,26H,7-10,13H2,1-2H3,(H2,22,23). The molecule has 2 aromatic carbocycles. The van der Waals surface area contributed by atoms with Crippen LogP contribution in [0.5, 0.6) is 17.2 Å². The lowest BCUT2D eigenvalue weighted by Gasteiger charge is -2.36. The second kappa shape index (κ2) is 8.69. The van der Waals surface area contributed by atoms with E-state index in [0.717, 1.165) is 37.4 Å². The minimum atomic E-state index is -0.235. The number of benzene rings is 2. The lowest BCUT2D eigenvalue weighted by atomic mass is 10.2. The van der Waals surface area contributed by atoms with Crippen molar-refractivity contribution in [3.63, 3.8) is 0 Å². The van der Waals surface area contributed by atoms with Crippen LogP contribution in [0.4, 0.5) is 10.1 Å². The smallest absolute Gasteiger partial charge is 0.200 e. The van der Waals surface area contributed by atoms with Crippen molar-refractivity contribution in [1.29, 1.82) is 0 Å². The van der Waals surface area contributed by atoms with E-state index in [2.05, 4.69) is 9.89 Å². The van der Waals surface area contributed by atoms with E-state index in [1.54, 1.807) is 24.3 Å². The van der Waals surface area contributed by atoms with Crippen LogP contribution < -0.4 is 20.1 Å². The molecule has 0 radical (unpaired) electrons. The maximum Gasteiger partial charge on any atom is 0.200 e. The number of phenolic OH excluding ortho intramolecular Hbond substituents is 1. The lowest BCUT2D eigenvalue weighted by molar-refractivity contribution is 0.339. The summed E-state index contributed by atoms with van der Waals surface area (Å²) in [4.78, 5) is 8.68. The molecule has 0 spiro atoms. The summed E-state index contributed by atoms with van der Waals surface area (Å²) in [5, 5.41) is 9.98. The van der Waals surface area contributed by atoms with Gasteiger partial charge in [-0.15, -0.1) is 0 Å². The van der Waals surface area contributed by atoms with Crippen LogP contribution in [-0.2, 0) is 6.54 Å². The van der Waals surface area contributed by atoms with Crippen molar-refractivity contribution in [2.24, 2.45) is 10.7 Å². The number of ether oxygens (including phenoxy) is 2. The monoisotopic (exact) mass is 388 g/mol. The van der Waals surface area contributed by atoms with Crippen molar-refractivity contribution in [2.45, 2.75) is 6.54 Å². The van der Waals surface area contributed by atoms with Gasteiger partial charge in [0.05, 0.1) is 20.8 Å². The number of hydrogen-bond acceptors (Lipinski definition) is 5. The average Bonchev–Trinajstić information content (AvgIpc) is 2.73. The second-order valence-electron chi connectivity index (χ2n) is 6.47. The Balaban J connectivity index is 1.61. The summed E-state index contributed by atoms with van der Waals surface area (Å²) in [6.45, 7) is 3.37. The predicted molar refractivity (Wildman–Crippen MR) is 107 cm³/mol. The first-order valence-corrected chi connectivity index (χ1v) is 9.01. The van der Waals surface area contributed by atoms with E-state index >= 15 is 0 Å². The number of nitrogens with two attached hydrogens (primary N) is 1. The second-order valence-corrected chi connectivity index (χ2v) is 6.47. The minimum Gasteiger partial charge on any atom is -0.502 e. The van der Waals surface area contributed by atoms with Gasteiger partial charge in [0.2, 0.25) is 5.75 Å². The molecule has 1 heterocycles. The number of guanidine groups is 1. The van der Waals surface area contributed by atoms with Crippen LogP contribution in [0, 0.1) is 5.82 Å². The first kappa shape index (κ1) is 19.6. The largest absolute Gasteiger partial charge is 0.502 e. The van der Waals surface area contributed by atoms with Crippen LogP contribution in [0.2, 0.25) is 0 Å². The normalized spacial score (nSPS) is 14.9. The van der Waals surface area contributed by atoms with E-state index in [0.29, 0.717) is 24.0 Å². The number of aromatic hydroxyl groups is 1. The highest BCUT2D eigenvalue weighted by Gasteiger charge is 2.19. The summed E-state index contributed by atoms with van der Waals surface area (Å²) >= 11 is 0. The van der Waals surface area contributed by atoms with E-state index in [1.165, 1.54) is 26.4 Å². The molecule has 0 amide bonds. The maximum absolute atomic E-state index is 13.1. The fourth-order valence-electron chi connectivity index (χ4n) is 3.16. The van der Waals surface area contributed by atoms with E-state index in [-0.39, 0.29) is 11.6 Å². The van der Waals surface area contributed by atoms with Gasteiger partial charge in [0, 0.05) is 31.9 Å². The molecule has 2 aromatic rings. The zero-order valence-corrected chi connectivity index (χ0v) is 16.1. The number of methoxy groups -OCH3 is 2. The van der Waals surface area contributed by atoms with Gasteiger partial charge in [-0.1, -0.05) is 0 Å². The molecule has 1 aliphatic rings. The quantitative estimate of drug-likeness (QED) is 0.603. The van der Waals surface area contributed by atoms with E-state index in [4.69, 9.17) is 15.2 Å². The molecule has 7 nitrogen and oxygen atoms in total. The Kier molecular flexibility index (Phi) is 6.08. The van der Waals surface area contributed by atoms with Crippen LogP contribution in [0.15, 0.2) is 41.4 Å². The van der Waals surface area contributed by atoms with Crippen molar-refractivity contribution in [1.82, 2.24) is 4.90 Å². The molecule has 1 saturated heterocycles. The molecule has 150 valence electrons. The fourth-order valence-corrected chi connectivity index (χ4v) is 3.16. The summed E-state index contributed by atoms with van der Waals surface area (Å²) in [5.74, 6) is 0.848. The van der Waals surface area contributed by atoms with Gasteiger partial charge in [0.1, 0.15) is 5.82 Å². The molecule has 0 aromatic heterocycles. The van der Waals surface area contributed by atoms with Crippen LogP contribution in [-0.4, -0.2) is 56.4 Å². The third kappa shape index (κ3) is 4.39. The molecule has 1 fully saturated rings. The number of rotatable bonds is 5. The van der Waals surface area contributed by atoms with Gasteiger partial charge in [-0.3, -0.25) is 0 Å². The highest BCUT2D eigenvalue weighted by molar-refractivity contribution is 5.78. The highest BCUT2D eigenvalue weighted by atomic mass is 19.1. The molecule has 28 heavy (non-hydrogen) atoms. The Bertz CT molecular complexity index is 809. The third-order valence-corrected chi connectivity index (χ3v) is 4.76. The number of phenols is 1. The van der Waals surface area contributed by atoms with Crippen molar-refractivity contribution >= 4 is 11.6 Å². The molecule has 0 unspecified atom stereocenters. The molecule has 0 saturated carbocycles. The van der Waals surface area contributed by atoms with Gasteiger partial charge in [0.25, 0.3) is 0 Å². The Morgan fingerprint density at radius 3 is 2.18 bits per heavy atom.